The first-order chi connectivity index (χ1) is 13.5. The number of nitrogens with zero attached hydrogens (tertiary/aromatic N) is 3. The van der Waals surface area contributed by atoms with E-state index in [2.05, 4.69) is 9.97 Å². The Morgan fingerprint density at radius 1 is 1.21 bits per heavy atom. The molecule has 2 aromatic heterocycles. The van der Waals surface area contributed by atoms with Gasteiger partial charge in [-0.2, -0.15) is 0 Å². The van der Waals surface area contributed by atoms with Gasteiger partial charge in [-0.05, 0) is 36.4 Å². The molecule has 0 spiro atoms. The lowest BCUT2D eigenvalue weighted by atomic mass is 10.1. The molecule has 6 nitrogen and oxygen atoms in total. The number of thioether (sulfide) groups is 1. The first-order valence-corrected chi connectivity index (χ1v) is 10.0. The molecule has 0 amide bonds. The van der Waals surface area contributed by atoms with Gasteiger partial charge in [0.15, 0.2) is 5.16 Å². The maximum Gasteiger partial charge on any atom is 0.313 e. The third-order valence-corrected chi connectivity index (χ3v) is 5.49. The summed E-state index contributed by atoms with van der Waals surface area (Å²) < 4.78 is 14.6. The molecule has 0 saturated carbocycles. The monoisotopic (exact) mass is 413 g/mol. The second-order valence-electron chi connectivity index (χ2n) is 5.80. The molecule has 1 N–H and O–H groups in total. The van der Waals surface area contributed by atoms with Crippen LogP contribution in [0.1, 0.15) is 0 Å². The number of aliphatic carboxylic acids is 1. The molecule has 4 aromatic rings. The number of aromatic nitrogens is 3. The number of carbonyl (C=O) groups is 1. The van der Waals surface area contributed by atoms with Crippen LogP contribution < -0.4 is 5.56 Å². The molecule has 0 atom stereocenters. The van der Waals surface area contributed by atoms with Crippen LogP contribution in [0.25, 0.3) is 27.8 Å². The van der Waals surface area contributed by atoms with Gasteiger partial charge in [0, 0.05) is 10.9 Å². The summed E-state index contributed by atoms with van der Waals surface area (Å²) in [6.07, 6.45) is 0. The summed E-state index contributed by atoms with van der Waals surface area (Å²) >= 11 is 2.39. The van der Waals surface area contributed by atoms with Crippen LogP contribution in [-0.2, 0) is 4.79 Å². The Morgan fingerprint density at radius 3 is 2.68 bits per heavy atom. The third kappa shape index (κ3) is 3.54. The van der Waals surface area contributed by atoms with Crippen LogP contribution in [0.4, 0.5) is 4.39 Å². The summed E-state index contributed by atoms with van der Waals surface area (Å²) in [6.45, 7) is 0. The minimum Gasteiger partial charge on any atom is -0.481 e. The van der Waals surface area contributed by atoms with Gasteiger partial charge in [-0.1, -0.05) is 17.8 Å². The number of hydrogen-bond acceptors (Lipinski definition) is 6. The molecule has 0 unspecified atom stereocenters. The number of carboxylic acid groups (broad SMARTS) is 1. The molecule has 4 rings (SSSR count). The molecule has 0 fully saturated rings. The second kappa shape index (κ2) is 7.53. The number of halogens is 1. The Morgan fingerprint density at radius 2 is 2.00 bits per heavy atom. The maximum atomic E-state index is 13.3. The number of benzene rings is 2. The van der Waals surface area contributed by atoms with Crippen LogP contribution in [0.15, 0.2) is 63.3 Å². The molecule has 28 heavy (non-hydrogen) atoms. The molecule has 0 radical (unpaired) electrons. The molecule has 0 aliphatic carbocycles. The van der Waals surface area contributed by atoms with Crippen molar-refractivity contribution in [3.8, 4) is 16.9 Å². The molecular formula is C19H12FN3O3S2. The quantitative estimate of drug-likeness (QED) is 0.395. The minimum absolute atomic E-state index is 0.224. The van der Waals surface area contributed by atoms with Crippen LogP contribution in [-0.4, -0.2) is 31.4 Å². The highest BCUT2D eigenvalue weighted by atomic mass is 32.2. The predicted molar refractivity (Wildman–Crippen MR) is 107 cm³/mol. The van der Waals surface area contributed by atoms with Crippen molar-refractivity contribution in [1.29, 1.82) is 0 Å². The van der Waals surface area contributed by atoms with Crippen molar-refractivity contribution in [2.24, 2.45) is 0 Å². The zero-order valence-electron chi connectivity index (χ0n) is 14.2. The van der Waals surface area contributed by atoms with Gasteiger partial charge in [-0.3, -0.25) is 14.2 Å². The van der Waals surface area contributed by atoms with Gasteiger partial charge in [-0.15, -0.1) is 11.3 Å². The van der Waals surface area contributed by atoms with Gasteiger partial charge in [0.25, 0.3) is 5.56 Å². The van der Waals surface area contributed by atoms with Crippen molar-refractivity contribution in [3.63, 3.8) is 0 Å². The summed E-state index contributed by atoms with van der Waals surface area (Å²) in [5, 5.41) is 11.5. The normalized spacial score (nSPS) is 11.0. The summed E-state index contributed by atoms with van der Waals surface area (Å²) in [4.78, 5) is 32.9. The Bertz CT molecular complexity index is 1220. The lowest BCUT2D eigenvalue weighted by Gasteiger charge is -2.13. The standard InChI is InChI=1S/C19H12FN3O3S2/c20-12-2-4-13(5-3-12)23-18(26)14-6-1-11(16-8-27-10-21-16)7-15(14)22-19(23)28-9-17(24)25/h1-8,10H,9H2,(H,24,25). The number of thiazole rings is 1. The molecular weight excluding hydrogens is 401 g/mol. The topological polar surface area (TPSA) is 85.1 Å². The summed E-state index contributed by atoms with van der Waals surface area (Å²) in [5.41, 5.74) is 3.81. The van der Waals surface area contributed by atoms with E-state index in [1.165, 1.54) is 40.2 Å². The van der Waals surface area contributed by atoms with E-state index in [0.717, 1.165) is 23.0 Å². The summed E-state index contributed by atoms with van der Waals surface area (Å²) in [5.74, 6) is -1.72. The molecule has 9 heteroatoms. The van der Waals surface area contributed by atoms with Crippen molar-refractivity contribution >= 4 is 40.0 Å². The van der Waals surface area contributed by atoms with Crippen LogP contribution in [0.3, 0.4) is 0 Å². The van der Waals surface area contributed by atoms with E-state index in [-0.39, 0.29) is 16.5 Å². The van der Waals surface area contributed by atoms with E-state index in [4.69, 9.17) is 5.11 Å². The molecule has 0 aliphatic rings. The van der Waals surface area contributed by atoms with Gasteiger partial charge < -0.3 is 5.11 Å². The second-order valence-corrected chi connectivity index (χ2v) is 7.46. The average Bonchev–Trinajstić information content (AvgIpc) is 3.22. The summed E-state index contributed by atoms with van der Waals surface area (Å²) in [6, 6.07) is 10.6. The van der Waals surface area contributed by atoms with Gasteiger partial charge in [-0.25, -0.2) is 14.4 Å². The largest absolute Gasteiger partial charge is 0.481 e. The average molecular weight is 413 g/mol. The number of rotatable bonds is 5. The van der Waals surface area contributed by atoms with Crippen molar-refractivity contribution in [1.82, 2.24) is 14.5 Å². The van der Waals surface area contributed by atoms with Gasteiger partial charge >= 0.3 is 5.97 Å². The van der Waals surface area contributed by atoms with Gasteiger partial charge in [0.05, 0.1) is 33.5 Å². The van der Waals surface area contributed by atoms with E-state index in [9.17, 15) is 14.0 Å². The van der Waals surface area contributed by atoms with Crippen LogP contribution in [0, 0.1) is 5.82 Å². The SMILES string of the molecule is O=C(O)CSc1nc2cc(-c3cscn3)ccc2c(=O)n1-c1ccc(F)cc1. The fourth-order valence-electron chi connectivity index (χ4n) is 2.72. The van der Waals surface area contributed by atoms with E-state index in [1.54, 1.807) is 23.7 Å². The number of fused-ring (bicyclic) bond motifs is 1. The number of carboxylic acids is 1. The summed E-state index contributed by atoms with van der Waals surface area (Å²) in [7, 11) is 0. The molecule has 2 aromatic carbocycles. The van der Waals surface area contributed by atoms with Crippen molar-refractivity contribution in [2.45, 2.75) is 5.16 Å². The Hall–Kier alpha value is -3.04. The van der Waals surface area contributed by atoms with E-state index in [0.29, 0.717) is 16.6 Å². The molecule has 2 heterocycles. The van der Waals surface area contributed by atoms with Crippen molar-refractivity contribution in [3.05, 3.63) is 69.5 Å². The van der Waals surface area contributed by atoms with Gasteiger partial charge in [0.1, 0.15) is 5.82 Å². The Balaban J connectivity index is 1.93. The zero-order chi connectivity index (χ0) is 19.7. The fourth-order valence-corrected chi connectivity index (χ4v) is 4.01. The van der Waals surface area contributed by atoms with Crippen LogP contribution in [0.2, 0.25) is 0 Å². The van der Waals surface area contributed by atoms with Crippen LogP contribution >= 0.6 is 23.1 Å². The first kappa shape index (κ1) is 18.3. The number of hydrogen-bond donors (Lipinski definition) is 1. The van der Waals surface area contributed by atoms with Gasteiger partial charge in [0.2, 0.25) is 0 Å². The lowest BCUT2D eigenvalue weighted by Crippen LogP contribution is -2.22. The first-order valence-electron chi connectivity index (χ1n) is 8.09. The highest BCUT2D eigenvalue weighted by Gasteiger charge is 2.15. The molecule has 0 bridgehead atoms. The minimum atomic E-state index is -1.03. The van der Waals surface area contributed by atoms with Crippen molar-refractivity contribution in [2.75, 3.05) is 5.75 Å². The zero-order valence-corrected chi connectivity index (χ0v) is 15.8. The Labute approximate surface area is 166 Å². The highest BCUT2D eigenvalue weighted by Crippen LogP contribution is 2.25. The van der Waals surface area contributed by atoms with E-state index >= 15 is 0 Å². The molecule has 0 aliphatic heterocycles. The van der Waals surface area contributed by atoms with Crippen molar-refractivity contribution < 1.29 is 14.3 Å². The smallest absolute Gasteiger partial charge is 0.313 e. The highest BCUT2D eigenvalue weighted by molar-refractivity contribution is 7.99. The molecule has 140 valence electrons. The maximum absolute atomic E-state index is 13.3. The predicted octanol–water partition coefficient (Wildman–Crippen LogP) is 3.83. The van der Waals surface area contributed by atoms with Crippen LogP contribution in [0.5, 0.6) is 0 Å². The fraction of sp³-hybridized carbons (Fsp3) is 0.0526. The third-order valence-electron chi connectivity index (χ3n) is 3.98. The molecule has 0 saturated heterocycles. The van der Waals surface area contributed by atoms with E-state index in [1.807, 2.05) is 5.38 Å². The van der Waals surface area contributed by atoms with E-state index < -0.39 is 11.8 Å². The Kier molecular flexibility index (Phi) is 4.93. The lowest BCUT2D eigenvalue weighted by molar-refractivity contribution is -0.133.